The highest BCUT2D eigenvalue weighted by Crippen LogP contribution is 2.29. The number of sulfonamides is 1. The van der Waals surface area contributed by atoms with Crippen molar-refractivity contribution in [1.29, 1.82) is 0 Å². The number of carbonyl (C=O) groups is 1. The second kappa shape index (κ2) is 9.89. The van der Waals surface area contributed by atoms with Crippen molar-refractivity contribution in [2.75, 3.05) is 11.3 Å². The average molecular weight is 479 g/mol. The fourth-order valence-electron chi connectivity index (χ4n) is 4.25. The van der Waals surface area contributed by atoms with Crippen LogP contribution in [0.2, 0.25) is 0 Å². The number of anilines is 1. The lowest BCUT2D eigenvalue weighted by atomic mass is 9.88. The molecule has 1 amide bonds. The van der Waals surface area contributed by atoms with Gasteiger partial charge < -0.3 is 10.1 Å². The van der Waals surface area contributed by atoms with Gasteiger partial charge in [-0.2, -0.15) is 0 Å². The van der Waals surface area contributed by atoms with Gasteiger partial charge in [-0.1, -0.05) is 30.3 Å². The van der Waals surface area contributed by atoms with Crippen molar-refractivity contribution in [3.63, 3.8) is 0 Å². The van der Waals surface area contributed by atoms with Gasteiger partial charge >= 0.3 is 0 Å². The molecular weight excluding hydrogens is 448 g/mol. The van der Waals surface area contributed by atoms with Gasteiger partial charge in [0.05, 0.1) is 10.9 Å². The molecule has 0 aliphatic heterocycles. The molecule has 1 aliphatic carbocycles. The Morgan fingerprint density at radius 1 is 0.971 bits per heavy atom. The zero-order valence-electron chi connectivity index (χ0n) is 19.7. The van der Waals surface area contributed by atoms with E-state index in [9.17, 15) is 13.2 Å². The van der Waals surface area contributed by atoms with E-state index < -0.39 is 10.0 Å². The van der Waals surface area contributed by atoms with Crippen molar-refractivity contribution in [2.45, 2.75) is 51.0 Å². The summed E-state index contributed by atoms with van der Waals surface area (Å²) in [5, 5.41) is 3.07. The number of ether oxygens (including phenoxy) is 1. The van der Waals surface area contributed by atoms with Gasteiger partial charge in [-0.15, -0.1) is 0 Å². The van der Waals surface area contributed by atoms with Crippen LogP contribution < -0.4 is 14.8 Å². The van der Waals surface area contributed by atoms with Gasteiger partial charge in [0, 0.05) is 5.69 Å². The SMILES string of the molecule is Cc1ccc(NS(=O)(=O)c2ccc(OCC(=O)NC3CCCc4ccccc43)c(C)c2)cc1C. The van der Waals surface area contributed by atoms with E-state index in [1.165, 1.54) is 17.2 Å². The highest BCUT2D eigenvalue weighted by atomic mass is 32.2. The van der Waals surface area contributed by atoms with E-state index in [4.69, 9.17) is 4.74 Å². The van der Waals surface area contributed by atoms with Gasteiger partial charge in [0.1, 0.15) is 5.75 Å². The van der Waals surface area contributed by atoms with Crippen LogP contribution >= 0.6 is 0 Å². The summed E-state index contributed by atoms with van der Waals surface area (Å²) in [5.74, 6) is 0.276. The lowest BCUT2D eigenvalue weighted by Gasteiger charge is -2.26. The maximum absolute atomic E-state index is 12.8. The molecule has 1 aliphatic rings. The number of aryl methyl sites for hydroxylation is 4. The Hall–Kier alpha value is -3.32. The molecule has 0 radical (unpaired) electrons. The minimum Gasteiger partial charge on any atom is -0.484 e. The lowest BCUT2D eigenvalue weighted by Crippen LogP contribution is -2.34. The predicted molar refractivity (Wildman–Crippen MR) is 134 cm³/mol. The lowest BCUT2D eigenvalue weighted by molar-refractivity contribution is -0.124. The summed E-state index contributed by atoms with van der Waals surface area (Å²) >= 11 is 0. The summed E-state index contributed by atoms with van der Waals surface area (Å²) in [4.78, 5) is 12.7. The first-order valence-corrected chi connectivity index (χ1v) is 12.9. The molecule has 0 saturated carbocycles. The monoisotopic (exact) mass is 478 g/mol. The Morgan fingerprint density at radius 3 is 2.53 bits per heavy atom. The third kappa shape index (κ3) is 5.42. The standard InChI is InChI=1S/C27H30N2O4S/c1-18-11-12-22(15-19(18)2)29-34(31,32)23-13-14-26(20(3)16-23)33-17-27(30)28-25-10-6-8-21-7-4-5-9-24(21)25/h4-5,7,9,11-16,25,29H,6,8,10,17H2,1-3H3,(H,28,30). The number of hydrogen-bond acceptors (Lipinski definition) is 4. The summed E-state index contributed by atoms with van der Waals surface area (Å²) < 4.78 is 34.0. The number of amides is 1. The molecule has 0 fully saturated rings. The first-order valence-electron chi connectivity index (χ1n) is 11.4. The van der Waals surface area contributed by atoms with Crippen molar-refractivity contribution >= 4 is 21.6 Å². The van der Waals surface area contributed by atoms with E-state index in [0.717, 1.165) is 30.4 Å². The Kier molecular flexibility index (Phi) is 6.93. The molecule has 1 atom stereocenters. The topological polar surface area (TPSA) is 84.5 Å². The molecule has 0 heterocycles. The van der Waals surface area contributed by atoms with Crippen molar-refractivity contribution in [1.82, 2.24) is 5.32 Å². The van der Waals surface area contributed by atoms with E-state index in [1.807, 2.05) is 32.0 Å². The van der Waals surface area contributed by atoms with Crippen molar-refractivity contribution in [3.8, 4) is 5.75 Å². The first-order chi connectivity index (χ1) is 16.2. The van der Waals surface area contributed by atoms with Crippen LogP contribution in [0.5, 0.6) is 5.75 Å². The number of benzene rings is 3. The maximum atomic E-state index is 12.8. The van der Waals surface area contributed by atoms with E-state index in [1.54, 1.807) is 31.2 Å². The molecule has 0 aromatic heterocycles. The molecule has 3 aromatic carbocycles. The summed E-state index contributed by atoms with van der Waals surface area (Å²) in [6, 6.07) is 18.2. The number of rotatable bonds is 7. The zero-order chi connectivity index (χ0) is 24.3. The van der Waals surface area contributed by atoms with Crippen LogP contribution in [0.15, 0.2) is 65.6 Å². The zero-order valence-corrected chi connectivity index (χ0v) is 20.5. The summed E-state index contributed by atoms with van der Waals surface area (Å²) in [6.07, 6.45) is 2.97. The average Bonchev–Trinajstić information content (AvgIpc) is 2.81. The van der Waals surface area contributed by atoms with Gasteiger partial charge in [-0.3, -0.25) is 9.52 Å². The quantitative estimate of drug-likeness (QED) is 0.501. The van der Waals surface area contributed by atoms with Crippen LogP contribution in [0.1, 0.15) is 46.7 Å². The minimum atomic E-state index is -3.75. The van der Waals surface area contributed by atoms with Crippen LogP contribution in [0.4, 0.5) is 5.69 Å². The maximum Gasteiger partial charge on any atom is 0.261 e. The number of carbonyl (C=O) groups excluding carboxylic acids is 1. The molecule has 7 heteroatoms. The largest absolute Gasteiger partial charge is 0.484 e. The molecule has 2 N–H and O–H groups in total. The number of fused-ring (bicyclic) bond motifs is 1. The molecule has 6 nitrogen and oxygen atoms in total. The molecule has 1 unspecified atom stereocenters. The molecule has 34 heavy (non-hydrogen) atoms. The normalized spacial score (nSPS) is 15.3. The van der Waals surface area contributed by atoms with E-state index in [0.29, 0.717) is 17.0 Å². The third-order valence-corrected chi connectivity index (χ3v) is 7.66. The van der Waals surface area contributed by atoms with Gasteiger partial charge in [-0.05, 0) is 98.2 Å². The highest BCUT2D eigenvalue weighted by molar-refractivity contribution is 7.92. The van der Waals surface area contributed by atoms with Gasteiger partial charge in [0.15, 0.2) is 6.61 Å². The van der Waals surface area contributed by atoms with E-state index in [2.05, 4.69) is 22.2 Å². The Bertz CT molecular complexity index is 1320. The Morgan fingerprint density at radius 2 is 1.76 bits per heavy atom. The van der Waals surface area contributed by atoms with Crippen molar-refractivity contribution in [3.05, 3.63) is 88.5 Å². The molecule has 4 rings (SSSR count). The van der Waals surface area contributed by atoms with Crippen molar-refractivity contribution < 1.29 is 17.9 Å². The molecule has 0 saturated heterocycles. The summed E-state index contributed by atoms with van der Waals surface area (Å²) in [5.41, 5.74) is 5.71. The molecular formula is C27H30N2O4S. The fourth-order valence-corrected chi connectivity index (χ4v) is 5.39. The second-order valence-electron chi connectivity index (χ2n) is 8.83. The van der Waals surface area contributed by atoms with Crippen LogP contribution in [-0.2, 0) is 21.2 Å². The molecule has 3 aromatic rings. The van der Waals surface area contributed by atoms with Crippen molar-refractivity contribution in [2.24, 2.45) is 0 Å². The number of hydrogen-bond donors (Lipinski definition) is 2. The number of nitrogens with one attached hydrogen (secondary N) is 2. The summed E-state index contributed by atoms with van der Waals surface area (Å²) in [6.45, 7) is 5.54. The van der Waals surface area contributed by atoms with Gasteiger partial charge in [0.2, 0.25) is 0 Å². The molecule has 0 spiro atoms. The smallest absolute Gasteiger partial charge is 0.261 e. The highest BCUT2D eigenvalue weighted by Gasteiger charge is 2.22. The molecule has 0 bridgehead atoms. The van der Waals surface area contributed by atoms with Gasteiger partial charge in [-0.25, -0.2) is 8.42 Å². The summed E-state index contributed by atoms with van der Waals surface area (Å²) in [7, 11) is -3.75. The minimum absolute atomic E-state index is 0.00819. The van der Waals surface area contributed by atoms with Crippen LogP contribution in [0, 0.1) is 20.8 Å². The Labute approximate surface area is 201 Å². The predicted octanol–water partition coefficient (Wildman–Crippen LogP) is 4.99. The van der Waals surface area contributed by atoms with Crippen LogP contribution in [-0.4, -0.2) is 20.9 Å². The van der Waals surface area contributed by atoms with E-state index in [-0.39, 0.29) is 23.5 Å². The first kappa shape index (κ1) is 23.8. The molecule has 178 valence electrons. The van der Waals surface area contributed by atoms with Crippen LogP contribution in [0.25, 0.3) is 0 Å². The van der Waals surface area contributed by atoms with Crippen LogP contribution in [0.3, 0.4) is 0 Å². The second-order valence-corrected chi connectivity index (χ2v) is 10.5. The van der Waals surface area contributed by atoms with Gasteiger partial charge in [0.25, 0.3) is 15.9 Å². The third-order valence-electron chi connectivity index (χ3n) is 6.28. The van der Waals surface area contributed by atoms with E-state index >= 15 is 0 Å². The fraction of sp³-hybridized carbons (Fsp3) is 0.296. The Balaban J connectivity index is 1.38.